The molecule has 0 spiro atoms. The van der Waals surface area contributed by atoms with Gasteiger partial charge in [0.2, 0.25) is 0 Å². The Bertz CT molecular complexity index is 623. The number of hydrogen-bond donors (Lipinski definition) is 2. The molecule has 0 bridgehead atoms. The first kappa shape index (κ1) is 17.5. The van der Waals surface area contributed by atoms with Crippen molar-refractivity contribution in [3.63, 3.8) is 0 Å². The Morgan fingerprint density at radius 3 is 2.65 bits per heavy atom. The largest absolute Gasteiger partial charge is 0.370 e. The van der Waals surface area contributed by atoms with Crippen LogP contribution in [-0.2, 0) is 6.54 Å². The topological polar surface area (TPSA) is 79.4 Å². The molecule has 122 valence electrons. The fraction of sp³-hybridized carbons (Fsp3) is 0.312. The first-order valence-electron chi connectivity index (χ1n) is 7.49. The molecule has 6 nitrogen and oxygen atoms in total. The summed E-state index contributed by atoms with van der Waals surface area (Å²) in [4.78, 5) is 15.3. The van der Waals surface area contributed by atoms with Crippen molar-refractivity contribution in [1.82, 2.24) is 9.97 Å². The Labute approximate surface area is 153 Å². The number of hydrogen-bond acceptors (Lipinski definition) is 4. The lowest BCUT2D eigenvalue weighted by Gasteiger charge is -2.15. The molecule has 0 aliphatic carbocycles. The zero-order valence-electron chi connectivity index (χ0n) is 12.9. The van der Waals surface area contributed by atoms with Crippen LogP contribution in [0.5, 0.6) is 0 Å². The van der Waals surface area contributed by atoms with Gasteiger partial charge in [-0.2, -0.15) is 0 Å². The second kappa shape index (κ2) is 8.66. The molecule has 0 aromatic carbocycles. The van der Waals surface area contributed by atoms with Gasteiger partial charge in [0.05, 0.1) is 6.54 Å². The molecule has 0 unspecified atom stereocenters. The summed E-state index contributed by atoms with van der Waals surface area (Å²) in [6.07, 6.45) is 6.08. The number of nitrogens with two attached hydrogens (primary N) is 1. The molecule has 3 heterocycles. The first-order chi connectivity index (χ1) is 10.8. The molecule has 0 atom stereocenters. The average molecular weight is 424 g/mol. The van der Waals surface area contributed by atoms with Gasteiger partial charge < -0.3 is 16.0 Å². The smallest absolute Gasteiger partial charge is 0.194 e. The molecule has 0 radical (unpaired) electrons. The lowest BCUT2D eigenvalue weighted by atomic mass is 10.3. The normalized spacial score (nSPS) is 14.4. The van der Waals surface area contributed by atoms with Crippen LogP contribution in [-0.4, -0.2) is 29.0 Å². The van der Waals surface area contributed by atoms with E-state index >= 15 is 0 Å². The van der Waals surface area contributed by atoms with E-state index in [1.165, 1.54) is 12.8 Å². The second-order valence-corrected chi connectivity index (χ2v) is 5.26. The summed E-state index contributed by atoms with van der Waals surface area (Å²) in [5, 5.41) is 2.96. The van der Waals surface area contributed by atoms with Crippen LogP contribution < -0.4 is 16.0 Å². The molecule has 1 saturated heterocycles. The van der Waals surface area contributed by atoms with Gasteiger partial charge in [-0.25, -0.2) is 15.0 Å². The Morgan fingerprint density at radius 2 is 2.00 bits per heavy atom. The molecule has 0 saturated carbocycles. The van der Waals surface area contributed by atoms with Gasteiger partial charge in [0, 0.05) is 25.5 Å². The van der Waals surface area contributed by atoms with Crippen LogP contribution in [0.25, 0.3) is 0 Å². The number of anilines is 2. The summed E-state index contributed by atoms with van der Waals surface area (Å²) < 4.78 is 0. The number of nitrogens with zero attached hydrogens (tertiary/aromatic N) is 4. The molecule has 2 aromatic rings. The van der Waals surface area contributed by atoms with E-state index in [0.29, 0.717) is 18.3 Å². The van der Waals surface area contributed by atoms with Crippen LogP contribution >= 0.6 is 24.0 Å². The van der Waals surface area contributed by atoms with Gasteiger partial charge in [-0.05, 0) is 36.6 Å². The maximum Gasteiger partial charge on any atom is 0.194 e. The maximum atomic E-state index is 5.85. The monoisotopic (exact) mass is 424 g/mol. The first-order valence-corrected chi connectivity index (χ1v) is 7.49. The van der Waals surface area contributed by atoms with Gasteiger partial charge in [0.1, 0.15) is 11.6 Å². The highest BCUT2D eigenvalue weighted by molar-refractivity contribution is 14.0. The highest BCUT2D eigenvalue weighted by Crippen LogP contribution is 2.17. The summed E-state index contributed by atoms with van der Waals surface area (Å²) in [5.74, 6) is 2.08. The van der Waals surface area contributed by atoms with Crippen molar-refractivity contribution in [2.75, 3.05) is 23.3 Å². The minimum atomic E-state index is 0. The summed E-state index contributed by atoms with van der Waals surface area (Å²) in [6.45, 7) is 2.70. The molecule has 3 rings (SSSR count). The van der Waals surface area contributed by atoms with Gasteiger partial charge in [-0.3, -0.25) is 0 Å². The van der Waals surface area contributed by atoms with Crippen LogP contribution in [0.15, 0.2) is 47.7 Å². The van der Waals surface area contributed by atoms with Crippen molar-refractivity contribution in [1.29, 1.82) is 0 Å². The van der Waals surface area contributed by atoms with Gasteiger partial charge >= 0.3 is 0 Å². The van der Waals surface area contributed by atoms with Crippen LogP contribution in [0.3, 0.4) is 0 Å². The minimum Gasteiger partial charge on any atom is -0.370 e. The third-order valence-corrected chi connectivity index (χ3v) is 3.59. The highest BCUT2D eigenvalue weighted by atomic mass is 127. The highest BCUT2D eigenvalue weighted by Gasteiger charge is 2.12. The van der Waals surface area contributed by atoms with Crippen molar-refractivity contribution >= 4 is 41.6 Å². The van der Waals surface area contributed by atoms with E-state index < -0.39 is 0 Å². The van der Waals surface area contributed by atoms with Crippen molar-refractivity contribution < 1.29 is 0 Å². The molecule has 2 aromatic heterocycles. The van der Waals surface area contributed by atoms with E-state index in [1.54, 1.807) is 6.20 Å². The van der Waals surface area contributed by atoms with E-state index in [4.69, 9.17) is 5.73 Å². The van der Waals surface area contributed by atoms with E-state index in [1.807, 2.05) is 24.4 Å². The standard InChI is InChI=1S/C16H20N6.HI/c17-16(21-14-5-1-2-8-18-14)20-12-13-6-7-15(19-11-13)22-9-3-4-10-22;/h1-2,5-8,11H,3-4,9-10,12H2,(H3,17,18,20,21);1H. The molecule has 1 aliphatic rings. The van der Waals surface area contributed by atoms with Crippen LogP contribution in [0.1, 0.15) is 18.4 Å². The van der Waals surface area contributed by atoms with E-state index in [2.05, 4.69) is 37.3 Å². The fourth-order valence-electron chi connectivity index (χ4n) is 2.43. The lowest BCUT2D eigenvalue weighted by molar-refractivity contribution is 0.928. The van der Waals surface area contributed by atoms with Crippen LogP contribution in [0.4, 0.5) is 11.6 Å². The van der Waals surface area contributed by atoms with E-state index in [-0.39, 0.29) is 24.0 Å². The Balaban J connectivity index is 0.00000192. The number of aromatic nitrogens is 2. The molecular weight excluding hydrogens is 403 g/mol. The van der Waals surface area contributed by atoms with Crippen molar-refractivity contribution in [3.8, 4) is 0 Å². The number of pyridine rings is 2. The van der Waals surface area contributed by atoms with Crippen molar-refractivity contribution in [3.05, 3.63) is 48.3 Å². The Kier molecular flexibility index (Phi) is 6.57. The second-order valence-electron chi connectivity index (χ2n) is 5.26. The maximum absolute atomic E-state index is 5.85. The van der Waals surface area contributed by atoms with Gasteiger partial charge in [0.15, 0.2) is 5.96 Å². The zero-order valence-corrected chi connectivity index (χ0v) is 15.2. The van der Waals surface area contributed by atoms with Gasteiger partial charge in [0.25, 0.3) is 0 Å². The average Bonchev–Trinajstić information content (AvgIpc) is 3.09. The summed E-state index contributed by atoms with van der Waals surface area (Å²) in [7, 11) is 0. The zero-order chi connectivity index (χ0) is 15.2. The third-order valence-electron chi connectivity index (χ3n) is 3.59. The summed E-state index contributed by atoms with van der Waals surface area (Å²) in [5.41, 5.74) is 6.89. The van der Waals surface area contributed by atoms with E-state index in [0.717, 1.165) is 24.5 Å². The van der Waals surface area contributed by atoms with Crippen molar-refractivity contribution in [2.24, 2.45) is 10.7 Å². The number of rotatable bonds is 4. The number of nitrogens with one attached hydrogen (secondary N) is 1. The molecule has 0 amide bonds. The molecule has 7 heteroatoms. The predicted octanol–water partition coefficient (Wildman–Crippen LogP) is 2.62. The third kappa shape index (κ3) is 5.05. The summed E-state index contributed by atoms with van der Waals surface area (Å²) in [6, 6.07) is 9.70. The molecular formula is C16H21IN6. The molecule has 23 heavy (non-hydrogen) atoms. The van der Waals surface area contributed by atoms with Gasteiger partial charge in [-0.1, -0.05) is 12.1 Å². The predicted molar refractivity (Wildman–Crippen MR) is 104 cm³/mol. The molecule has 1 aliphatic heterocycles. The minimum absolute atomic E-state index is 0. The number of aliphatic imine (C=N–C) groups is 1. The van der Waals surface area contributed by atoms with Crippen LogP contribution in [0, 0.1) is 0 Å². The Morgan fingerprint density at radius 1 is 1.17 bits per heavy atom. The molecule has 3 N–H and O–H groups in total. The number of halogens is 1. The van der Waals surface area contributed by atoms with Gasteiger partial charge in [-0.15, -0.1) is 24.0 Å². The lowest BCUT2D eigenvalue weighted by Crippen LogP contribution is -2.23. The fourth-order valence-corrected chi connectivity index (χ4v) is 2.43. The van der Waals surface area contributed by atoms with Crippen molar-refractivity contribution in [2.45, 2.75) is 19.4 Å². The molecule has 1 fully saturated rings. The van der Waals surface area contributed by atoms with Crippen LogP contribution in [0.2, 0.25) is 0 Å². The van der Waals surface area contributed by atoms with E-state index in [9.17, 15) is 0 Å². The summed E-state index contributed by atoms with van der Waals surface area (Å²) >= 11 is 0. The quantitative estimate of drug-likeness (QED) is 0.448. The number of guanidine groups is 1. The Hall–Kier alpha value is -1.90. The SMILES string of the molecule is I.NC(=NCc1ccc(N2CCCC2)nc1)Nc1ccccn1.